The van der Waals surface area contributed by atoms with Crippen molar-refractivity contribution in [1.29, 1.82) is 0 Å². The van der Waals surface area contributed by atoms with Gasteiger partial charge in [0.05, 0.1) is 12.2 Å². The average molecular weight is 333 g/mol. The summed E-state index contributed by atoms with van der Waals surface area (Å²) in [6.07, 6.45) is 3.48. The van der Waals surface area contributed by atoms with E-state index in [1.54, 1.807) is 25.1 Å². The van der Waals surface area contributed by atoms with Crippen molar-refractivity contribution < 1.29 is 13.9 Å². The monoisotopic (exact) mass is 333 g/mol. The second-order valence-electron chi connectivity index (χ2n) is 5.63. The Morgan fingerprint density at radius 2 is 2.04 bits per heavy atom. The van der Waals surface area contributed by atoms with Crippen LogP contribution in [0.2, 0.25) is 0 Å². The van der Waals surface area contributed by atoms with Gasteiger partial charge in [0.25, 0.3) is 5.91 Å². The van der Waals surface area contributed by atoms with Crippen molar-refractivity contribution in [2.75, 3.05) is 6.61 Å². The van der Waals surface area contributed by atoms with E-state index in [2.05, 4.69) is 17.0 Å². The second kappa shape index (κ2) is 8.57. The minimum atomic E-state index is -0.441. The van der Waals surface area contributed by atoms with Gasteiger partial charge in [-0.3, -0.25) is 4.79 Å². The number of carbonyl (C=O) groups excluding carboxylic acids is 1. The molecule has 0 amide bonds. The van der Waals surface area contributed by atoms with Crippen LogP contribution >= 0.6 is 0 Å². The van der Waals surface area contributed by atoms with E-state index in [1.165, 1.54) is 10.7 Å². The Balaban J connectivity index is 2.44. The van der Waals surface area contributed by atoms with Crippen molar-refractivity contribution in [3.05, 3.63) is 30.1 Å². The predicted octanol–water partition coefficient (Wildman–Crippen LogP) is 4.34. The van der Waals surface area contributed by atoms with Gasteiger partial charge in [-0.25, -0.2) is 4.39 Å². The summed E-state index contributed by atoms with van der Waals surface area (Å²) in [5.74, 6) is -0.575. The van der Waals surface area contributed by atoms with Gasteiger partial charge in [0.1, 0.15) is 5.82 Å². The molecular formula is C18H24FN3O2. The van der Waals surface area contributed by atoms with Crippen LogP contribution in [0.5, 0.6) is 6.01 Å². The maximum atomic E-state index is 14.2. The van der Waals surface area contributed by atoms with Crippen molar-refractivity contribution in [2.24, 2.45) is 5.92 Å². The number of aromatic nitrogens is 3. The molecule has 0 N–H and O–H groups in total. The standard InChI is InChI=1S/C18H24FN3O2/c1-4-7-10-13(5-2)17(23)22-16(20-18(21-22)24-6-3)14-11-8-9-12-15(14)19/h8-9,11-13H,4-7,10H2,1-3H3. The summed E-state index contributed by atoms with van der Waals surface area (Å²) < 4.78 is 20.7. The fourth-order valence-electron chi connectivity index (χ4n) is 2.58. The average Bonchev–Trinajstić information content (AvgIpc) is 3.00. The Morgan fingerprint density at radius 3 is 2.67 bits per heavy atom. The zero-order chi connectivity index (χ0) is 17.5. The normalized spacial score (nSPS) is 12.2. The maximum absolute atomic E-state index is 14.2. The molecule has 2 aromatic rings. The summed E-state index contributed by atoms with van der Waals surface area (Å²) in [5, 5.41) is 4.16. The maximum Gasteiger partial charge on any atom is 0.336 e. The predicted molar refractivity (Wildman–Crippen MR) is 90.5 cm³/mol. The first-order valence-electron chi connectivity index (χ1n) is 8.51. The Kier molecular flexibility index (Phi) is 6.46. The summed E-state index contributed by atoms with van der Waals surface area (Å²) in [5.41, 5.74) is 0.245. The quantitative estimate of drug-likeness (QED) is 0.721. The molecule has 0 bridgehead atoms. The summed E-state index contributed by atoms with van der Waals surface area (Å²) in [6, 6.07) is 6.33. The highest BCUT2D eigenvalue weighted by Crippen LogP contribution is 2.25. The Bertz CT molecular complexity index is 685. The third-order valence-electron chi connectivity index (χ3n) is 3.93. The van der Waals surface area contributed by atoms with Crippen LogP contribution in [0.15, 0.2) is 24.3 Å². The molecule has 5 nitrogen and oxygen atoms in total. The molecule has 24 heavy (non-hydrogen) atoms. The summed E-state index contributed by atoms with van der Waals surface area (Å²) in [6.45, 7) is 6.25. The lowest BCUT2D eigenvalue weighted by atomic mass is 9.98. The molecule has 0 fully saturated rings. The zero-order valence-corrected chi connectivity index (χ0v) is 14.5. The number of rotatable bonds is 8. The molecule has 1 atom stereocenters. The third kappa shape index (κ3) is 3.99. The molecule has 0 saturated heterocycles. The van der Waals surface area contributed by atoms with Crippen molar-refractivity contribution in [2.45, 2.75) is 46.5 Å². The number of nitrogens with zero attached hydrogens (tertiary/aromatic N) is 3. The van der Waals surface area contributed by atoms with Crippen LogP contribution in [0.3, 0.4) is 0 Å². The van der Waals surface area contributed by atoms with E-state index in [4.69, 9.17) is 4.74 Å². The number of unbranched alkanes of at least 4 members (excludes halogenated alkanes) is 1. The fourth-order valence-corrected chi connectivity index (χ4v) is 2.58. The van der Waals surface area contributed by atoms with Gasteiger partial charge in [0, 0.05) is 5.92 Å². The highest BCUT2D eigenvalue weighted by atomic mass is 19.1. The SMILES string of the molecule is CCCCC(CC)C(=O)n1nc(OCC)nc1-c1ccccc1F. The molecule has 0 radical (unpaired) electrons. The topological polar surface area (TPSA) is 57.0 Å². The first kappa shape index (κ1) is 18.1. The number of halogens is 1. The fraction of sp³-hybridized carbons (Fsp3) is 0.500. The highest BCUT2D eigenvalue weighted by Gasteiger charge is 2.25. The van der Waals surface area contributed by atoms with Gasteiger partial charge in [0.15, 0.2) is 5.82 Å². The number of carbonyl (C=O) groups is 1. The Hall–Kier alpha value is -2.24. The molecule has 130 valence electrons. The minimum Gasteiger partial charge on any atom is -0.463 e. The molecule has 2 rings (SSSR count). The van der Waals surface area contributed by atoms with Crippen LogP contribution in [0.4, 0.5) is 4.39 Å². The lowest BCUT2D eigenvalue weighted by Gasteiger charge is -2.14. The molecule has 0 saturated carbocycles. The number of ether oxygens (including phenoxy) is 1. The number of benzene rings is 1. The highest BCUT2D eigenvalue weighted by molar-refractivity contribution is 5.84. The van der Waals surface area contributed by atoms with Gasteiger partial charge in [-0.05, 0) is 31.9 Å². The molecule has 6 heteroatoms. The Labute approximate surface area is 141 Å². The lowest BCUT2D eigenvalue weighted by Crippen LogP contribution is -2.23. The number of hydrogen-bond donors (Lipinski definition) is 0. The van der Waals surface area contributed by atoms with Gasteiger partial charge < -0.3 is 4.74 Å². The number of hydrogen-bond acceptors (Lipinski definition) is 4. The zero-order valence-electron chi connectivity index (χ0n) is 14.5. The first-order valence-corrected chi connectivity index (χ1v) is 8.51. The molecule has 1 aromatic heterocycles. The summed E-state index contributed by atoms with van der Waals surface area (Å²) in [4.78, 5) is 17.1. The van der Waals surface area contributed by atoms with Crippen LogP contribution in [0.25, 0.3) is 11.4 Å². The van der Waals surface area contributed by atoms with Crippen LogP contribution in [-0.2, 0) is 0 Å². The molecular weight excluding hydrogens is 309 g/mol. The van der Waals surface area contributed by atoms with E-state index in [-0.39, 0.29) is 29.2 Å². The van der Waals surface area contributed by atoms with Crippen LogP contribution < -0.4 is 4.74 Å². The van der Waals surface area contributed by atoms with Crippen LogP contribution in [0, 0.1) is 11.7 Å². The van der Waals surface area contributed by atoms with Gasteiger partial charge in [-0.2, -0.15) is 9.67 Å². The van der Waals surface area contributed by atoms with E-state index >= 15 is 0 Å². The Morgan fingerprint density at radius 1 is 1.29 bits per heavy atom. The second-order valence-corrected chi connectivity index (χ2v) is 5.63. The minimum absolute atomic E-state index is 0.0921. The smallest absolute Gasteiger partial charge is 0.336 e. The van der Waals surface area contributed by atoms with E-state index in [0.29, 0.717) is 13.0 Å². The van der Waals surface area contributed by atoms with Crippen molar-refractivity contribution in [3.8, 4) is 17.4 Å². The summed E-state index contributed by atoms with van der Waals surface area (Å²) in [7, 11) is 0. The first-order chi connectivity index (χ1) is 11.6. The van der Waals surface area contributed by atoms with Crippen molar-refractivity contribution >= 4 is 5.91 Å². The van der Waals surface area contributed by atoms with Crippen LogP contribution in [-0.4, -0.2) is 27.3 Å². The van der Waals surface area contributed by atoms with Crippen molar-refractivity contribution in [3.63, 3.8) is 0 Å². The molecule has 0 aliphatic heterocycles. The molecule has 0 spiro atoms. The molecule has 1 unspecified atom stereocenters. The third-order valence-corrected chi connectivity index (χ3v) is 3.93. The lowest BCUT2D eigenvalue weighted by molar-refractivity contribution is 0.0804. The van der Waals surface area contributed by atoms with Crippen LogP contribution in [0.1, 0.15) is 51.2 Å². The van der Waals surface area contributed by atoms with Gasteiger partial charge in [0.2, 0.25) is 0 Å². The molecule has 1 heterocycles. The molecule has 0 aliphatic carbocycles. The van der Waals surface area contributed by atoms with Gasteiger partial charge in [-0.1, -0.05) is 38.8 Å². The van der Waals surface area contributed by atoms with E-state index in [0.717, 1.165) is 19.3 Å². The largest absolute Gasteiger partial charge is 0.463 e. The van der Waals surface area contributed by atoms with E-state index in [9.17, 15) is 9.18 Å². The van der Waals surface area contributed by atoms with Crippen molar-refractivity contribution in [1.82, 2.24) is 14.8 Å². The molecule has 1 aromatic carbocycles. The van der Waals surface area contributed by atoms with Gasteiger partial charge >= 0.3 is 6.01 Å². The summed E-state index contributed by atoms with van der Waals surface area (Å²) >= 11 is 0. The molecule has 0 aliphatic rings. The van der Waals surface area contributed by atoms with E-state index < -0.39 is 5.82 Å². The van der Waals surface area contributed by atoms with Gasteiger partial charge in [-0.15, -0.1) is 5.10 Å². The van der Waals surface area contributed by atoms with E-state index in [1.807, 2.05) is 6.92 Å².